The van der Waals surface area contributed by atoms with Crippen molar-refractivity contribution in [3.63, 3.8) is 0 Å². The fraction of sp³-hybridized carbons (Fsp3) is 0.0909. The van der Waals surface area contributed by atoms with Gasteiger partial charge in [0.05, 0.1) is 17.5 Å². The number of benzene rings is 3. The third-order valence-electron chi connectivity index (χ3n) is 4.85. The van der Waals surface area contributed by atoms with Gasteiger partial charge in [-0.3, -0.25) is 9.59 Å². The van der Waals surface area contributed by atoms with Crippen LogP contribution >= 0.6 is 0 Å². The van der Waals surface area contributed by atoms with Gasteiger partial charge in [-0.25, -0.2) is 9.67 Å². The number of aromatic nitrogens is 3. The zero-order valence-electron chi connectivity index (χ0n) is 15.2. The Hall–Kier alpha value is -4.00. The van der Waals surface area contributed by atoms with Crippen LogP contribution in [0.15, 0.2) is 69.9 Å². The van der Waals surface area contributed by atoms with Crippen LogP contribution in [0.3, 0.4) is 0 Å². The summed E-state index contributed by atoms with van der Waals surface area (Å²) in [6.45, 7) is 0.0152. The number of hydrogen-bond donors (Lipinski definition) is 1. The molecular formula is C22H15N3O4. The van der Waals surface area contributed by atoms with E-state index in [2.05, 4.69) is 10.1 Å². The lowest BCUT2D eigenvalue weighted by atomic mass is 10.1. The minimum atomic E-state index is -1.01. The number of oxazole rings is 1. The summed E-state index contributed by atoms with van der Waals surface area (Å²) in [5.74, 6) is -0.678. The van der Waals surface area contributed by atoms with Crippen LogP contribution in [0.1, 0.15) is 11.6 Å². The van der Waals surface area contributed by atoms with Gasteiger partial charge in [0, 0.05) is 5.39 Å². The van der Waals surface area contributed by atoms with E-state index in [0.717, 1.165) is 10.8 Å². The SMILES string of the molecule is O=C(O)Cc1nn(Cc2nc3cc4ccccc4cc3o2)c(=O)c2ccccc12. The maximum absolute atomic E-state index is 12.9. The topological polar surface area (TPSA) is 98.2 Å². The zero-order chi connectivity index (χ0) is 20.0. The minimum absolute atomic E-state index is 0.0152. The van der Waals surface area contributed by atoms with Crippen LogP contribution in [0.4, 0.5) is 0 Å². The number of nitrogens with zero attached hydrogens (tertiary/aromatic N) is 3. The van der Waals surface area contributed by atoms with Crippen LogP contribution in [0.2, 0.25) is 0 Å². The van der Waals surface area contributed by atoms with Crippen molar-refractivity contribution in [2.75, 3.05) is 0 Å². The number of rotatable bonds is 4. The fourth-order valence-electron chi connectivity index (χ4n) is 3.54. The second kappa shape index (κ2) is 6.56. The standard InChI is InChI=1S/C22H15N3O4/c26-21(27)11-17-15-7-3-4-8-16(15)22(28)25(24-17)12-20-23-18-9-13-5-1-2-6-14(13)10-19(18)29-20/h1-10H,11-12H2,(H,26,27). The molecule has 0 amide bonds. The molecule has 0 radical (unpaired) electrons. The van der Waals surface area contributed by atoms with Gasteiger partial charge in [-0.05, 0) is 29.0 Å². The van der Waals surface area contributed by atoms with Crippen molar-refractivity contribution in [1.82, 2.24) is 14.8 Å². The van der Waals surface area contributed by atoms with E-state index in [9.17, 15) is 14.7 Å². The quantitative estimate of drug-likeness (QED) is 0.509. The Labute approximate surface area is 163 Å². The minimum Gasteiger partial charge on any atom is -0.481 e. The molecule has 0 saturated heterocycles. The van der Waals surface area contributed by atoms with Crippen LogP contribution < -0.4 is 5.56 Å². The van der Waals surface area contributed by atoms with Crippen LogP contribution in [0, 0.1) is 0 Å². The summed E-state index contributed by atoms with van der Waals surface area (Å²) in [6, 6.07) is 18.6. The molecule has 2 aromatic heterocycles. The molecule has 0 unspecified atom stereocenters. The second-order valence-electron chi connectivity index (χ2n) is 6.80. The molecule has 7 heteroatoms. The van der Waals surface area contributed by atoms with Crippen molar-refractivity contribution in [1.29, 1.82) is 0 Å². The van der Waals surface area contributed by atoms with Gasteiger partial charge in [-0.1, -0.05) is 42.5 Å². The van der Waals surface area contributed by atoms with Crippen LogP contribution in [0.25, 0.3) is 32.6 Å². The van der Waals surface area contributed by atoms with Crippen molar-refractivity contribution < 1.29 is 14.3 Å². The molecule has 5 rings (SSSR count). The molecule has 0 spiro atoms. The van der Waals surface area contributed by atoms with Gasteiger partial charge in [0.15, 0.2) is 5.58 Å². The van der Waals surface area contributed by atoms with Gasteiger partial charge < -0.3 is 9.52 Å². The molecule has 142 valence electrons. The normalized spacial score (nSPS) is 11.4. The molecule has 0 aliphatic heterocycles. The van der Waals surface area contributed by atoms with Crippen molar-refractivity contribution >= 4 is 38.6 Å². The number of carboxylic acids is 1. The van der Waals surface area contributed by atoms with E-state index in [4.69, 9.17) is 4.42 Å². The highest BCUT2D eigenvalue weighted by atomic mass is 16.4. The van der Waals surface area contributed by atoms with E-state index >= 15 is 0 Å². The van der Waals surface area contributed by atoms with E-state index in [-0.39, 0.29) is 18.5 Å². The summed E-state index contributed by atoms with van der Waals surface area (Å²) >= 11 is 0. The number of aliphatic carboxylic acids is 1. The highest BCUT2D eigenvalue weighted by Crippen LogP contribution is 2.23. The predicted molar refractivity (Wildman–Crippen MR) is 108 cm³/mol. The zero-order valence-corrected chi connectivity index (χ0v) is 15.2. The number of carbonyl (C=O) groups is 1. The Morgan fingerprint density at radius 1 is 1.00 bits per heavy atom. The van der Waals surface area contributed by atoms with Gasteiger partial charge in [0.1, 0.15) is 12.1 Å². The highest BCUT2D eigenvalue weighted by Gasteiger charge is 2.15. The molecule has 29 heavy (non-hydrogen) atoms. The third-order valence-corrected chi connectivity index (χ3v) is 4.85. The molecule has 0 bridgehead atoms. The van der Waals surface area contributed by atoms with E-state index in [0.29, 0.717) is 33.5 Å². The van der Waals surface area contributed by atoms with Crippen molar-refractivity contribution in [2.24, 2.45) is 0 Å². The summed E-state index contributed by atoms with van der Waals surface area (Å²) < 4.78 is 7.05. The summed E-state index contributed by atoms with van der Waals surface area (Å²) in [5, 5.41) is 16.5. The van der Waals surface area contributed by atoms with Gasteiger partial charge in [0.25, 0.3) is 5.56 Å². The lowest BCUT2D eigenvalue weighted by Crippen LogP contribution is -2.26. The van der Waals surface area contributed by atoms with E-state index in [1.165, 1.54) is 4.68 Å². The first-order chi connectivity index (χ1) is 14.1. The van der Waals surface area contributed by atoms with Crippen molar-refractivity contribution in [2.45, 2.75) is 13.0 Å². The average Bonchev–Trinajstić information content (AvgIpc) is 3.10. The van der Waals surface area contributed by atoms with E-state index in [1.54, 1.807) is 24.3 Å². The Morgan fingerprint density at radius 2 is 1.69 bits per heavy atom. The maximum atomic E-state index is 12.9. The molecule has 0 aliphatic carbocycles. The molecule has 0 fully saturated rings. The smallest absolute Gasteiger partial charge is 0.309 e. The molecular weight excluding hydrogens is 370 g/mol. The first kappa shape index (κ1) is 17.1. The Morgan fingerprint density at radius 3 is 2.45 bits per heavy atom. The van der Waals surface area contributed by atoms with Gasteiger partial charge in [-0.15, -0.1) is 0 Å². The molecule has 0 aliphatic rings. The van der Waals surface area contributed by atoms with Gasteiger partial charge >= 0.3 is 5.97 Å². The number of carboxylic acid groups (broad SMARTS) is 1. The summed E-state index contributed by atoms with van der Waals surface area (Å²) in [6.07, 6.45) is -0.278. The number of fused-ring (bicyclic) bond motifs is 3. The Bertz CT molecular complexity index is 1410. The third kappa shape index (κ3) is 3.02. The summed E-state index contributed by atoms with van der Waals surface area (Å²) in [4.78, 5) is 28.6. The second-order valence-corrected chi connectivity index (χ2v) is 6.80. The molecule has 3 aromatic carbocycles. The van der Waals surface area contributed by atoms with E-state index < -0.39 is 5.97 Å². The molecule has 5 aromatic rings. The first-order valence-corrected chi connectivity index (χ1v) is 9.07. The van der Waals surface area contributed by atoms with Crippen LogP contribution in [-0.2, 0) is 17.8 Å². The largest absolute Gasteiger partial charge is 0.481 e. The molecule has 0 saturated carbocycles. The first-order valence-electron chi connectivity index (χ1n) is 9.07. The average molecular weight is 385 g/mol. The van der Waals surface area contributed by atoms with Crippen molar-refractivity contribution in [3.8, 4) is 0 Å². The maximum Gasteiger partial charge on any atom is 0.309 e. The van der Waals surface area contributed by atoms with Crippen LogP contribution in [-0.4, -0.2) is 25.8 Å². The Balaban J connectivity index is 1.62. The monoisotopic (exact) mass is 385 g/mol. The molecule has 1 N–H and O–H groups in total. The predicted octanol–water partition coefficient (Wildman–Crippen LogP) is 3.37. The lowest BCUT2D eigenvalue weighted by molar-refractivity contribution is -0.136. The highest BCUT2D eigenvalue weighted by molar-refractivity contribution is 5.94. The fourth-order valence-corrected chi connectivity index (χ4v) is 3.54. The summed E-state index contributed by atoms with van der Waals surface area (Å²) in [5.41, 5.74) is 1.33. The molecule has 7 nitrogen and oxygen atoms in total. The Kier molecular flexibility index (Phi) is 3.87. The van der Waals surface area contributed by atoms with Crippen molar-refractivity contribution in [3.05, 3.63) is 82.6 Å². The van der Waals surface area contributed by atoms with E-state index in [1.807, 2.05) is 36.4 Å². The van der Waals surface area contributed by atoms with Gasteiger partial charge in [0.2, 0.25) is 5.89 Å². The lowest BCUT2D eigenvalue weighted by Gasteiger charge is -2.08. The molecule has 2 heterocycles. The number of hydrogen-bond acceptors (Lipinski definition) is 5. The summed E-state index contributed by atoms with van der Waals surface area (Å²) in [7, 11) is 0. The van der Waals surface area contributed by atoms with Crippen LogP contribution in [0.5, 0.6) is 0 Å². The molecule has 0 atom stereocenters. The van der Waals surface area contributed by atoms with Gasteiger partial charge in [-0.2, -0.15) is 5.10 Å².